The molecule has 148 valence electrons. The Balaban J connectivity index is 2.33. The lowest BCUT2D eigenvalue weighted by atomic mass is 10.2. The van der Waals surface area contributed by atoms with Crippen LogP contribution in [0.2, 0.25) is 5.02 Å². The fourth-order valence-electron chi connectivity index (χ4n) is 2.23. The van der Waals surface area contributed by atoms with E-state index in [0.29, 0.717) is 0 Å². The number of carbonyl (C=O) groups is 1. The summed E-state index contributed by atoms with van der Waals surface area (Å²) in [6, 6.07) is 3.56. The number of esters is 1. The summed E-state index contributed by atoms with van der Waals surface area (Å²) in [5.74, 6) is -0.856. The number of benzene rings is 1. The molecule has 12 heteroatoms. The van der Waals surface area contributed by atoms with Crippen LogP contribution < -0.4 is 0 Å². The number of halogens is 4. The van der Waals surface area contributed by atoms with Gasteiger partial charge in [0.15, 0.2) is 0 Å². The summed E-state index contributed by atoms with van der Waals surface area (Å²) in [5, 5.41) is -0.145. The Morgan fingerprint density at radius 2 is 2.04 bits per heavy atom. The fourth-order valence-corrected chi connectivity index (χ4v) is 3.85. The van der Waals surface area contributed by atoms with E-state index in [2.05, 4.69) is 9.72 Å². The average Bonchev–Trinajstić information content (AvgIpc) is 2.99. The Bertz CT molecular complexity index is 944. The van der Waals surface area contributed by atoms with Crippen LogP contribution in [-0.2, 0) is 27.8 Å². The topological polar surface area (TPSA) is 81.5 Å². The number of rotatable bonds is 6. The van der Waals surface area contributed by atoms with E-state index < -0.39 is 35.3 Å². The Kier molecular flexibility index (Phi) is 6.17. The number of sulfonamides is 1. The first-order valence-corrected chi connectivity index (χ1v) is 9.18. The van der Waals surface area contributed by atoms with E-state index >= 15 is 0 Å². The summed E-state index contributed by atoms with van der Waals surface area (Å²) < 4.78 is 69.5. The predicted molar refractivity (Wildman–Crippen MR) is 89.7 cm³/mol. The molecule has 0 aliphatic carbocycles. The summed E-state index contributed by atoms with van der Waals surface area (Å²) in [6.07, 6.45) is -2.23. The molecule has 0 N–H and O–H groups in total. The molecular weight excluding hydrogens is 411 g/mol. The van der Waals surface area contributed by atoms with E-state index in [1.54, 1.807) is 0 Å². The predicted octanol–water partition coefficient (Wildman–Crippen LogP) is 2.71. The van der Waals surface area contributed by atoms with Crippen LogP contribution in [0.3, 0.4) is 0 Å². The molecule has 0 saturated heterocycles. The Labute approximate surface area is 158 Å². The minimum absolute atomic E-state index is 0.0348. The second-order valence-corrected chi connectivity index (χ2v) is 7.90. The maximum absolute atomic E-state index is 12.8. The summed E-state index contributed by atoms with van der Waals surface area (Å²) >= 11 is 5.95. The lowest BCUT2D eigenvalue weighted by molar-refractivity contribution is -0.141. The molecular formula is C15H15ClF3N3O4S. The van der Waals surface area contributed by atoms with Gasteiger partial charge in [-0.05, 0) is 18.2 Å². The van der Waals surface area contributed by atoms with Gasteiger partial charge in [0.1, 0.15) is 17.3 Å². The third-order valence-corrected chi connectivity index (χ3v) is 5.84. The number of hydrogen-bond donors (Lipinski definition) is 0. The van der Waals surface area contributed by atoms with Crippen LogP contribution in [0.4, 0.5) is 13.2 Å². The molecule has 0 unspecified atom stereocenters. The molecule has 0 amide bonds. The van der Waals surface area contributed by atoms with Crippen LogP contribution in [0.1, 0.15) is 16.2 Å². The van der Waals surface area contributed by atoms with E-state index in [9.17, 15) is 26.4 Å². The molecule has 0 spiro atoms. The highest BCUT2D eigenvalue weighted by Crippen LogP contribution is 2.27. The molecule has 2 aromatic rings. The molecule has 1 heterocycles. The minimum Gasteiger partial charge on any atom is -0.465 e. The maximum atomic E-state index is 12.8. The second kappa shape index (κ2) is 7.87. The van der Waals surface area contributed by atoms with Crippen LogP contribution in [0.25, 0.3) is 0 Å². The van der Waals surface area contributed by atoms with E-state index in [1.165, 1.54) is 19.2 Å². The zero-order valence-electron chi connectivity index (χ0n) is 14.2. The summed E-state index contributed by atoms with van der Waals surface area (Å²) in [7, 11) is -1.91. The van der Waals surface area contributed by atoms with Gasteiger partial charge < -0.3 is 9.30 Å². The van der Waals surface area contributed by atoms with Crippen molar-refractivity contribution in [1.82, 2.24) is 13.9 Å². The number of nitrogens with zero attached hydrogens (tertiary/aromatic N) is 3. The van der Waals surface area contributed by atoms with Crippen molar-refractivity contribution in [2.45, 2.75) is 24.2 Å². The monoisotopic (exact) mass is 425 g/mol. The third kappa shape index (κ3) is 4.99. The van der Waals surface area contributed by atoms with Gasteiger partial charge in [0, 0.05) is 19.4 Å². The second-order valence-electron chi connectivity index (χ2n) is 5.48. The van der Waals surface area contributed by atoms with Gasteiger partial charge in [0.25, 0.3) is 0 Å². The molecule has 0 bridgehead atoms. The minimum atomic E-state index is -4.48. The third-order valence-electron chi connectivity index (χ3n) is 3.56. The number of hydrogen-bond acceptors (Lipinski definition) is 5. The van der Waals surface area contributed by atoms with Crippen molar-refractivity contribution in [3.8, 4) is 0 Å². The zero-order valence-corrected chi connectivity index (χ0v) is 15.8. The van der Waals surface area contributed by atoms with Crippen LogP contribution in [0, 0.1) is 0 Å². The van der Waals surface area contributed by atoms with Crippen LogP contribution in [0.5, 0.6) is 0 Å². The Hall–Kier alpha value is -2.11. The van der Waals surface area contributed by atoms with Crippen LogP contribution in [-0.4, -0.2) is 48.6 Å². The highest BCUT2D eigenvalue weighted by Gasteiger charge is 2.30. The van der Waals surface area contributed by atoms with E-state index in [1.807, 2.05) is 0 Å². The molecule has 0 saturated carbocycles. The number of aromatic nitrogens is 2. The molecule has 0 aliphatic rings. The first kappa shape index (κ1) is 21.2. The van der Waals surface area contributed by atoms with Gasteiger partial charge in [-0.3, -0.25) is 0 Å². The SMILES string of the molecule is COC(=O)c1ccc(Cl)c(S(=O)(=O)N(C)Cc2nccn2CC(F)(F)F)c1. The number of methoxy groups -OCH3 is 1. The van der Waals surface area contributed by atoms with Crippen LogP contribution >= 0.6 is 11.6 Å². The number of alkyl halides is 3. The average molecular weight is 426 g/mol. The lowest BCUT2D eigenvalue weighted by Gasteiger charge is -2.19. The molecule has 1 aromatic carbocycles. The van der Waals surface area contributed by atoms with Gasteiger partial charge in [-0.15, -0.1) is 0 Å². The number of carbonyl (C=O) groups excluding carboxylic acids is 1. The summed E-state index contributed by atoms with van der Waals surface area (Å²) in [6.45, 7) is -1.72. The standard InChI is InChI=1S/C15H15ClF3N3O4S/c1-21(8-13-20-5-6-22(13)9-15(17,18)19)27(24,25)12-7-10(14(23)26-2)3-4-11(12)16/h3-7H,8-9H2,1-2H3. The van der Waals surface area contributed by atoms with Crippen molar-refractivity contribution in [1.29, 1.82) is 0 Å². The van der Waals surface area contributed by atoms with Crippen molar-refractivity contribution in [2.24, 2.45) is 0 Å². The van der Waals surface area contributed by atoms with Gasteiger partial charge in [-0.2, -0.15) is 17.5 Å². The van der Waals surface area contributed by atoms with E-state index in [-0.39, 0.29) is 21.3 Å². The summed E-state index contributed by atoms with van der Waals surface area (Å²) in [4.78, 5) is 15.0. The van der Waals surface area contributed by atoms with Gasteiger partial charge in [-0.1, -0.05) is 11.6 Å². The molecule has 0 atom stereocenters. The largest absolute Gasteiger partial charge is 0.465 e. The molecule has 2 rings (SSSR count). The molecule has 7 nitrogen and oxygen atoms in total. The number of imidazole rings is 1. The molecule has 27 heavy (non-hydrogen) atoms. The molecule has 0 aliphatic heterocycles. The van der Waals surface area contributed by atoms with Gasteiger partial charge in [0.2, 0.25) is 10.0 Å². The highest BCUT2D eigenvalue weighted by atomic mass is 35.5. The first-order valence-electron chi connectivity index (χ1n) is 7.36. The maximum Gasteiger partial charge on any atom is 0.406 e. The Morgan fingerprint density at radius 1 is 1.37 bits per heavy atom. The quantitative estimate of drug-likeness (QED) is 0.665. The molecule has 0 fully saturated rings. The van der Waals surface area contributed by atoms with Gasteiger partial charge in [0.05, 0.1) is 24.2 Å². The molecule has 0 radical (unpaired) electrons. The van der Waals surface area contributed by atoms with Gasteiger partial charge in [-0.25, -0.2) is 18.2 Å². The lowest BCUT2D eigenvalue weighted by Crippen LogP contribution is -2.29. The van der Waals surface area contributed by atoms with E-state index in [0.717, 1.165) is 34.4 Å². The van der Waals surface area contributed by atoms with Crippen molar-refractivity contribution in [3.05, 3.63) is 47.0 Å². The van der Waals surface area contributed by atoms with Crippen molar-refractivity contribution < 1.29 is 31.1 Å². The van der Waals surface area contributed by atoms with E-state index in [4.69, 9.17) is 11.6 Å². The highest BCUT2D eigenvalue weighted by molar-refractivity contribution is 7.89. The van der Waals surface area contributed by atoms with Crippen LogP contribution in [0.15, 0.2) is 35.5 Å². The molecule has 1 aromatic heterocycles. The summed E-state index contributed by atoms with van der Waals surface area (Å²) in [5.41, 5.74) is -0.0348. The Morgan fingerprint density at radius 3 is 2.63 bits per heavy atom. The fraction of sp³-hybridized carbons (Fsp3) is 0.333. The van der Waals surface area contributed by atoms with Crippen molar-refractivity contribution in [2.75, 3.05) is 14.2 Å². The van der Waals surface area contributed by atoms with Gasteiger partial charge >= 0.3 is 12.1 Å². The first-order chi connectivity index (χ1) is 12.5. The zero-order chi connectivity index (χ0) is 20.4. The smallest absolute Gasteiger partial charge is 0.406 e. The normalized spacial score (nSPS) is 12.4. The number of ether oxygens (including phenoxy) is 1. The van der Waals surface area contributed by atoms with Crippen molar-refractivity contribution >= 4 is 27.6 Å². The van der Waals surface area contributed by atoms with Crippen molar-refractivity contribution in [3.63, 3.8) is 0 Å².